The van der Waals surface area contributed by atoms with Crippen LogP contribution in [0.5, 0.6) is 0 Å². The van der Waals surface area contributed by atoms with E-state index in [2.05, 4.69) is 5.32 Å². The van der Waals surface area contributed by atoms with Gasteiger partial charge in [-0.05, 0) is 68.0 Å². The summed E-state index contributed by atoms with van der Waals surface area (Å²) < 4.78 is 44.9. The summed E-state index contributed by atoms with van der Waals surface area (Å²) in [6.45, 7) is 1.31. The van der Waals surface area contributed by atoms with Gasteiger partial charge >= 0.3 is 5.97 Å². The lowest BCUT2D eigenvalue weighted by atomic mass is 9.90. The van der Waals surface area contributed by atoms with Gasteiger partial charge in [-0.25, -0.2) is 18.0 Å². The summed E-state index contributed by atoms with van der Waals surface area (Å²) in [5.74, 6) is -6.11. The third-order valence-electron chi connectivity index (χ3n) is 4.53. The molecule has 27 heavy (non-hydrogen) atoms. The SMILES string of the molecule is C[C@H](OC(=O)c1ccc2c(c1)CCCC2)C(=O)Nc1ccc(F)c(F)c1F. The van der Waals surface area contributed by atoms with E-state index in [-0.39, 0.29) is 0 Å². The van der Waals surface area contributed by atoms with Gasteiger partial charge in [0.1, 0.15) is 0 Å². The van der Waals surface area contributed by atoms with Crippen molar-refractivity contribution in [3.8, 4) is 0 Å². The summed E-state index contributed by atoms with van der Waals surface area (Å²) in [5, 5.41) is 2.09. The number of ether oxygens (including phenoxy) is 1. The van der Waals surface area contributed by atoms with Gasteiger partial charge in [0.25, 0.3) is 5.91 Å². The molecular weight excluding hydrogens is 359 g/mol. The summed E-state index contributed by atoms with van der Waals surface area (Å²) in [7, 11) is 0. The summed E-state index contributed by atoms with van der Waals surface area (Å²) in [6, 6.07) is 6.87. The van der Waals surface area contributed by atoms with Crippen molar-refractivity contribution in [3.63, 3.8) is 0 Å². The highest BCUT2D eigenvalue weighted by atomic mass is 19.2. The van der Waals surface area contributed by atoms with Gasteiger partial charge in [0.05, 0.1) is 11.3 Å². The third kappa shape index (κ3) is 4.13. The number of anilines is 1. The molecule has 0 unspecified atom stereocenters. The van der Waals surface area contributed by atoms with Crippen LogP contribution >= 0.6 is 0 Å². The third-order valence-corrected chi connectivity index (χ3v) is 4.53. The number of hydrogen-bond donors (Lipinski definition) is 1. The van der Waals surface area contributed by atoms with Crippen molar-refractivity contribution in [3.05, 3.63) is 64.5 Å². The Morgan fingerprint density at radius 2 is 1.70 bits per heavy atom. The number of esters is 1. The molecule has 3 rings (SSSR count). The second-order valence-corrected chi connectivity index (χ2v) is 6.45. The largest absolute Gasteiger partial charge is 0.449 e. The van der Waals surface area contributed by atoms with E-state index in [0.717, 1.165) is 37.3 Å². The first-order chi connectivity index (χ1) is 12.9. The van der Waals surface area contributed by atoms with E-state index in [1.165, 1.54) is 12.5 Å². The van der Waals surface area contributed by atoms with Gasteiger partial charge in [-0.2, -0.15) is 0 Å². The summed E-state index contributed by atoms with van der Waals surface area (Å²) >= 11 is 0. The number of rotatable bonds is 4. The van der Waals surface area contributed by atoms with Gasteiger partial charge in [-0.3, -0.25) is 4.79 Å². The number of nitrogens with one attached hydrogen (secondary N) is 1. The monoisotopic (exact) mass is 377 g/mol. The predicted molar refractivity (Wildman–Crippen MR) is 92.9 cm³/mol. The van der Waals surface area contributed by atoms with E-state index in [1.807, 2.05) is 6.07 Å². The van der Waals surface area contributed by atoms with Crippen LogP contribution in [-0.4, -0.2) is 18.0 Å². The Hall–Kier alpha value is -2.83. The summed E-state index contributed by atoms with van der Waals surface area (Å²) in [4.78, 5) is 24.4. The average molecular weight is 377 g/mol. The van der Waals surface area contributed by atoms with Crippen molar-refractivity contribution in [2.75, 3.05) is 5.32 Å². The Kier molecular flexibility index (Phi) is 5.48. The number of fused-ring (bicyclic) bond motifs is 1. The lowest BCUT2D eigenvalue weighted by Crippen LogP contribution is -2.30. The number of halogens is 3. The first kappa shape index (κ1) is 18.9. The molecule has 1 aliphatic carbocycles. The molecule has 7 heteroatoms. The van der Waals surface area contributed by atoms with Crippen molar-refractivity contribution in [1.29, 1.82) is 0 Å². The Bertz CT molecular complexity index is 898. The molecule has 1 amide bonds. The maximum absolute atomic E-state index is 13.6. The van der Waals surface area contributed by atoms with Crippen LogP contribution in [0.2, 0.25) is 0 Å². The molecule has 0 aromatic heterocycles. The fraction of sp³-hybridized carbons (Fsp3) is 0.300. The molecule has 2 aromatic carbocycles. The van der Waals surface area contributed by atoms with Crippen LogP contribution < -0.4 is 5.32 Å². The number of aryl methyl sites for hydroxylation is 2. The van der Waals surface area contributed by atoms with Crippen LogP contribution in [0.3, 0.4) is 0 Å². The molecule has 0 radical (unpaired) electrons. The van der Waals surface area contributed by atoms with Gasteiger partial charge in [0, 0.05) is 0 Å². The van der Waals surface area contributed by atoms with Crippen LogP contribution in [0.25, 0.3) is 0 Å². The molecule has 4 nitrogen and oxygen atoms in total. The zero-order valence-electron chi connectivity index (χ0n) is 14.7. The topological polar surface area (TPSA) is 55.4 Å². The molecule has 1 N–H and O–H groups in total. The molecule has 1 aliphatic rings. The first-order valence-electron chi connectivity index (χ1n) is 8.64. The van der Waals surface area contributed by atoms with Gasteiger partial charge in [-0.15, -0.1) is 0 Å². The molecule has 1 atom stereocenters. The lowest BCUT2D eigenvalue weighted by molar-refractivity contribution is -0.123. The number of benzene rings is 2. The molecule has 0 bridgehead atoms. The Morgan fingerprint density at radius 1 is 1.00 bits per heavy atom. The zero-order valence-corrected chi connectivity index (χ0v) is 14.7. The fourth-order valence-corrected chi connectivity index (χ4v) is 3.00. The molecule has 2 aromatic rings. The van der Waals surface area contributed by atoms with Crippen LogP contribution in [-0.2, 0) is 22.4 Å². The molecule has 0 fully saturated rings. The van der Waals surface area contributed by atoms with Crippen LogP contribution in [0.4, 0.5) is 18.9 Å². The second-order valence-electron chi connectivity index (χ2n) is 6.45. The molecule has 0 saturated carbocycles. The fourth-order valence-electron chi connectivity index (χ4n) is 3.00. The van der Waals surface area contributed by atoms with E-state index in [9.17, 15) is 22.8 Å². The van der Waals surface area contributed by atoms with Crippen molar-refractivity contribution >= 4 is 17.6 Å². The van der Waals surface area contributed by atoms with E-state index in [0.29, 0.717) is 11.6 Å². The second kappa shape index (κ2) is 7.82. The minimum atomic E-state index is -1.69. The first-order valence-corrected chi connectivity index (χ1v) is 8.64. The molecule has 142 valence electrons. The maximum atomic E-state index is 13.6. The van der Waals surface area contributed by atoms with Crippen molar-refractivity contribution in [2.45, 2.75) is 38.7 Å². The van der Waals surface area contributed by atoms with Crippen LogP contribution in [0, 0.1) is 17.5 Å². The minimum absolute atomic E-state index is 0.328. The number of hydrogen-bond acceptors (Lipinski definition) is 3. The average Bonchev–Trinajstić information content (AvgIpc) is 2.67. The van der Waals surface area contributed by atoms with Crippen molar-refractivity contribution < 1.29 is 27.5 Å². The highest BCUT2D eigenvalue weighted by Crippen LogP contribution is 2.23. The number of carbonyl (C=O) groups excluding carboxylic acids is 2. The highest BCUT2D eigenvalue weighted by molar-refractivity contribution is 5.97. The van der Waals surface area contributed by atoms with E-state index in [1.54, 1.807) is 12.1 Å². The van der Waals surface area contributed by atoms with Gasteiger partial charge < -0.3 is 10.1 Å². The molecule has 0 saturated heterocycles. The maximum Gasteiger partial charge on any atom is 0.338 e. The predicted octanol–water partition coefficient (Wildman–Crippen LogP) is 4.17. The summed E-state index contributed by atoms with van der Waals surface area (Å²) in [6.07, 6.45) is 2.80. The van der Waals surface area contributed by atoms with Crippen LogP contribution in [0.15, 0.2) is 30.3 Å². The number of amides is 1. The van der Waals surface area contributed by atoms with Gasteiger partial charge in [0.2, 0.25) is 0 Å². The number of carbonyl (C=O) groups is 2. The van der Waals surface area contributed by atoms with Crippen molar-refractivity contribution in [2.24, 2.45) is 0 Å². The van der Waals surface area contributed by atoms with E-state index in [4.69, 9.17) is 4.74 Å². The molecular formula is C20H18F3NO3. The Balaban J connectivity index is 1.66. The van der Waals surface area contributed by atoms with Crippen molar-refractivity contribution in [1.82, 2.24) is 0 Å². The molecule has 0 spiro atoms. The van der Waals surface area contributed by atoms with E-state index < -0.39 is 41.1 Å². The smallest absolute Gasteiger partial charge is 0.338 e. The lowest BCUT2D eigenvalue weighted by Gasteiger charge is -2.17. The van der Waals surface area contributed by atoms with Crippen LogP contribution in [0.1, 0.15) is 41.3 Å². The molecule has 0 aliphatic heterocycles. The highest BCUT2D eigenvalue weighted by Gasteiger charge is 2.22. The van der Waals surface area contributed by atoms with Gasteiger partial charge in [0.15, 0.2) is 23.6 Å². The standard InChI is InChI=1S/C20H18F3NO3/c1-11(19(25)24-16-9-8-15(21)17(22)18(16)23)27-20(26)14-7-6-12-4-2-3-5-13(12)10-14/h6-11H,2-5H2,1H3,(H,24,25)/t11-/m0/s1. The molecule has 0 heterocycles. The zero-order chi connectivity index (χ0) is 19.6. The Labute approximate surface area is 154 Å². The normalized spacial score (nSPS) is 14.2. The summed E-state index contributed by atoms with van der Waals surface area (Å²) in [5.41, 5.74) is 2.10. The van der Waals surface area contributed by atoms with E-state index >= 15 is 0 Å². The quantitative estimate of drug-likeness (QED) is 0.643. The Morgan fingerprint density at radius 3 is 2.44 bits per heavy atom. The van der Waals surface area contributed by atoms with Gasteiger partial charge in [-0.1, -0.05) is 6.07 Å². The minimum Gasteiger partial charge on any atom is -0.449 e.